The molecule has 20 heavy (non-hydrogen) atoms. The predicted octanol–water partition coefficient (Wildman–Crippen LogP) is 3.47. The zero-order valence-corrected chi connectivity index (χ0v) is 12.8. The first kappa shape index (κ1) is 15.3. The van der Waals surface area contributed by atoms with Crippen LogP contribution >= 0.6 is 15.9 Å². The number of hydrogen-bond donors (Lipinski definition) is 2. The Balaban J connectivity index is 1.94. The van der Waals surface area contributed by atoms with Crippen LogP contribution in [0.15, 0.2) is 22.7 Å². The first-order valence-electron chi connectivity index (χ1n) is 6.90. The highest BCUT2D eigenvalue weighted by Gasteiger charge is 2.20. The van der Waals surface area contributed by atoms with Crippen LogP contribution in [-0.2, 0) is 0 Å². The third-order valence-corrected chi connectivity index (χ3v) is 4.32. The lowest BCUT2D eigenvalue weighted by Gasteiger charge is -2.17. The molecule has 1 aromatic rings. The molecule has 2 N–H and O–H groups in total. The van der Waals surface area contributed by atoms with Gasteiger partial charge in [0.2, 0.25) is 0 Å². The Morgan fingerprint density at radius 1 is 1.40 bits per heavy atom. The molecule has 2 rings (SSSR count). The molecule has 1 fully saturated rings. The SMILES string of the molecule is O=C(O)c1cccc(Br)c1OCC(O)CC1CCCC1. The molecule has 1 saturated carbocycles. The number of aliphatic hydroxyl groups is 1. The Bertz CT molecular complexity index is 469. The van der Waals surface area contributed by atoms with Gasteiger partial charge in [-0.25, -0.2) is 4.79 Å². The highest BCUT2D eigenvalue weighted by molar-refractivity contribution is 9.10. The van der Waals surface area contributed by atoms with E-state index >= 15 is 0 Å². The van der Waals surface area contributed by atoms with Gasteiger partial charge in [0.1, 0.15) is 17.9 Å². The Kier molecular flexibility index (Phi) is 5.43. The van der Waals surface area contributed by atoms with Crippen molar-refractivity contribution in [1.82, 2.24) is 0 Å². The van der Waals surface area contributed by atoms with Gasteiger partial charge in [0.05, 0.1) is 10.6 Å². The topological polar surface area (TPSA) is 66.8 Å². The van der Waals surface area contributed by atoms with Crippen LogP contribution in [0.4, 0.5) is 0 Å². The smallest absolute Gasteiger partial charge is 0.339 e. The molecule has 1 unspecified atom stereocenters. The number of halogens is 1. The van der Waals surface area contributed by atoms with E-state index in [2.05, 4.69) is 15.9 Å². The molecule has 0 radical (unpaired) electrons. The Morgan fingerprint density at radius 3 is 2.75 bits per heavy atom. The molecule has 0 heterocycles. The van der Waals surface area contributed by atoms with Crippen molar-refractivity contribution in [2.75, 3.05) is 6.61 Å². The Hall–Kier alpha value is -1.07. The fourth-order valence-corrected chi connectivity index (χ4v) is 3.18. The predicted molar refractivity (Wildman–Crippen MR) is 79.2 cm³/mol. The number of aromatic carboxylic acids is 1. The summed E-state index contributed by atoms with van der Waals surface area (Å²) in [7, 11) is 0. The molecule has 1 aliphatic rings. The van der Waals surface area contributed by atoms with Crippen molar-refractivity contribution in [3.8, 4) is 5.75 Å². The molecule has 110 valence electrons. The second kappa shape index (κ2) is 7.09. The summed E-state index contributed by atoms with van der Waals surface area (Å²) in [5, 5.41) is 19.1. The lowest BCUT2D eigenvalue weighted by Crippen LogP contribution is -2.21. The van der Waals surface area contributed by atoms with E-state index in [-0.39, 0.29) is 17.9 Å². The van der Waals surface area contributed by atoms with E-state index in [0.29, 0.717) is 10.4 Å². The maximum Gasteiger partial charge on any atom is 0.339 e. The van der Waals surface area contributed by atoms with Gasteiger partial charge in [0.25, 0.3) is 0 Å². The van der Waals surface area contributed by atoms with Crippen molar-refractivity contribution in [3.63, 3.8) is 0 Å². The average Bonchev–Trinajstić information content (AvgIpc) is 2.89. The van der Waals surface area contributed by atoms with Crippen LogP contribution in [0.5, 0.6) is 5.75 Å². The van der Waals surface area contributed by atoms with Crippen LogP contribution in [0.1, 0.15) is 42.5 Å². The number of carboxylic acids is 1. The Morgan fingerprint density at radius 2 is 2.10 bits per heavy atom. The van der Waals surface area contributed by atoms with Crippen LogP contribution in [0.25, 0.3) is 0 Å². The standard InChI is InChI=1S/C15H19BrO4/c16-13-7-3-6-12(15(18)19)14(13)20-9-11(17)8-10-4-1-2-5-10/h3,6-7,10-11,17H,1-2,4-5,8-9H2,(H,18,19). The number of benzene rings is 1. The number of ether oxygens (including phenoxy) is 1. The van der Waals surface area contributed by atoms with Gasteiger partial charge in [-0.3, -0.25) is 0 Å². The van der Waals surface area contributed by atoms with Crippen LogP contribution in [-0.4, -0.2) is 28.9 Å². The number of carbonyl (C=O) groups is 1. The zero-order valence-electron chi connectivity index (χ0n) is 11.2. The van der Waals surface area contributed by atoms with Crippen molar-refractivity contribution >= 4 is 21.9 Å². The van der Waals surface area contributed by atoms with Gasteiger partial charge in [0, 0.05) is 0 Å². The van der Waals surface area contributed by atoms with Crippen LogP contribution < -0.4 is 4.74 Å². The van der Waals surface area contributed by atoms with Crippen LogP contribution in [0.3, 0.4) is 0 Å². The summed E-state index contributed by atoms with van der Waals surface area (Å²) in [6.45, 7) is 0.124. The minimum Gasteiger partial charge on any atom is -0.489 e. The highest BCUT2D eigenvalue weighted by Crippen LogP contribution is 2.31. The monoisotopic (exact) mass is 342 g/mol. The summed E-state index contributed by atoms with van der Waals surface area (Å²) in [6, 6.07) is 4.87. The fraction of sp³-hybridized carbons (Fsp3) is 0.533. The quantitative estimate of drug-likeness (QED) is 0.830. The molecule has 1 aromatic carbocycles. The van der Waals surface area contributed by atoms with Crippen LogP contribution in [0.2, 0.25) is 0 Å². The number of rotatable bonds is 6. The van der Waals surface area contributed by atoms with Gasteiger partial charge >= 0.3 is 5.97 Å². The molecule has 4 nitrogen and oxygen atoms in total. The molecule has 0 spiro atoms. The lowest BCUT2D eigenvalue weighted by molar-refractivity contribution is 0.0671. The van der Waals surface area contributed by atoms with Crippen molar-refractivity contribution < 1.29 is 19.7 Å². The minimum absolute atomic E-state index is 0.104. The molecule has 1 atom stereocenters. The molecule has 5 heteroatoms. The van der Waals surface area contributed by atoms with E-state index in [9.17, 15) is 9.90 Å². The van der Waals surface area contributed by atoms with Crippen molar-refractivity contribution in [1.29, 1.82) is 0 Å². The number of carboxylic acid groups (broad SMARTS) is 1. The number of aliphatic hydroxyl groups excluding tert-OH is 1. The van der Waals surface area contributed by atoms with Gasteiger partial charge < -0.3 is 14.9 Å². The van der Waals surface area contributed by atoms with E-state index in [1.807, 2.05) is 0 Å². The molecule has 0 aliphatic heterocycles. The molecule has 0 aromatic heterocycles. The van der Waals surface area contributed by atoms with Crippen molar-refractivity contribution in [3.05, 3.63) is 28.2 Å². The maximum atomic E-state index is 11.1. The second-order valence-electron chi connectivity index (χ2n) is 5.27. The molecule has 1 aliphatic carbocycles. The molecule has 0 amide bonds. The summed E-state index contributed by atoms with van der Waals surface area (Å²) in [4.78, 5) is 11.1. The van der Waals surface area contributed by atoms with Crippen molar-refractivity contribution in [2.24, 2.45) is 5.92 Å². The molecular weight excluding hydrogens is 324 g/mol. The van der Waals surface area contributed by atoms with E-state index in [1.165, 1.54) is 31.7 Å². The molecular formula is C15H19BrO4. The van der Waals surface area contributed by atoms with E-state index in [1.54, 1.807) is 12.1 Å². The van der Waals surface area contributed by atoms with Gasteiger partial charge in [-0.1, -0.05) is 31.7 Å². The van der Waals surface area contributed by atoms with E-state index in [0.717, 1.165) is 6.42 Å². The summed E-state index contributed by atoms with van der Waals surface area (Å²) < 4.78 is 6.11. The lowest BCUT2D eigenvalue weighted by atomic mass is 10.0. The third-order valence-electron chi connectivity index (χ3n) is 3.70. The summed E-state index contributed by atoms with van der Waals surface area (Å²) >= 11 is 3.28. The van der Waals surface area contributed by atoms with Crippen molar-refractivity contribution in [2.45, 2.75) is 38.2 Å². The average molecular weight is 343 g/mol. The second-order valence-corrected chi connectivity index (χ2v) is 6.13. The van der Waals surface area contributed by atoms with Gasteiger partial charge in [-0.15, -0.1) is 0 Å². The first-order chi connectivity index (χ1) is 9.58. The zero-order chi connectivity index (χ0) is 14.5. The molecule has 0 bridgehead atoms. The largest absolute Gasteiger partial charge is 0.489 e. The third kappa shape index (κ3) is 3.96. The summed E-state index contributed by atoms with van der Waals surface area (Å²) in [5.74, 6) is -0.177. The number of hydrogen-bond acceptors (Lipinski definition) is 3. The Labute approximate surface area is 126 Å². The normalized spacial score (nSPS) is 17.1. The van der Waals surface area contributed by atoms with Gasteiger partial charge in [0.15, 0.2) is 0 Å². The van der Waals surface area contributed by atoms with E-state index < -0.39 is 12.1 Å². The van der Waals surface area contributed by atoms with Gasteiger partial charge in [-0.05, 0) is 40.4 Å². The molecule has 0 saturated heterocycles. The highest BCUT2D eigenvalue weighted by atomic mass is 79.9. The minimum atomic E-state index is -1.04. The summed E-state index contributed by atoms with van der Waals surface area (Å²) in [6.07, 6.45) is 5.01. The maximum absolute atomic E-state index is 11.1. The van der Waals surface area contributed by atoms with Crippen LogP contribution in [0, 0.1) is 5.92 Å². The number of para-hydroxylation sites is 1. The first-order valence-corrected chi connectivity index (χ1v) is 7.70. The fourth-order valence-electron chi connectivity index (χ4n) is 2.70. The van der Waals surface area contributed by atoms with E-state index in [4.69, 9.17) is 9.84 Å². The summed E-state index contributed by atoms with van der Waals surface area (Å²) in [5.41, 5.74) is 0.104. The van der Waals surface area contributed by atoms with Gasteiger partial charge in [-0.2, -0.15) is 0 Å².